The number of hydrogen-bond acceptors (Lipinski definition) is 2. The van der Waals surface area contributed by atoms with E-state index in [2.05, 4.69) is 16.8 Å². The average Bonchev–Trinajstić information content (AvgIpc) is 2.85. The van der Waals surface area contributed by atoms with Crippen LogP contribution >= 0.6 is 22.9 Å². The van der Waals surface area contributed by atoms with Crippen molar-refractivity contribution in [3.63, 3.8) is 0 Å². The van der Waals surface area contributed by atoms with Gasteiger partial charge in [0.2, 0.25) is 5.91 Å². The van der Waals surface area contributed by atoms with E-state index in [1.54, 1.807) is 23.5 Å². The van der Waals surface area contributed by atoms with Crippen LogP contribution in [0.25, 0.3) is 0 Å². The minimum Gasteiger partial charge on any atom is -0.355 e. The Labute approximate surface area is 116 Å². The Balaban J connectivity index is 1.73. The van der Waals surface area contributed by atoms with E-state index >= 15 is 0 Å². The van der Waals surface area contributed by atoms with E-state index in [4.69, 9.17) is 11.6 Å². The lowest BCUT2D eigenvalue weighted by Crippen LogP contribution is -2.27. The number of halogens is 1. The zero-order valence-corrected chi connectivity index (χ0v) is 11.4. The lowest BCUT2D eigenvalue weighted by Gasteiger charge is -2.04. The smallest absolute Gasteiger partial charge is 0.224 e. The van der Waals surface area contributed by atoms with Gasteiger partial charge in [-0.25, -0.2) is 0 Å². The predicted molar refractivity (Wildman–Crippen MR) is 76.2 cm³/mol. The van der Waals surface area contributed by atoms with Crippen LogP contribution in [0, 0.1) is 0 Å². The molecule has 1 aromatic heterocycles. The molecule has 1 heterocycles. The molecular weight excluding hydrogens is 266 g/mol. The first-order valence-electron chi connectivity index (χ1n) is 5.76. The second-order valence-electron chi connectivity index (χ2n) is 4.03. The van der Waals surface area contributed by atoms with Gasteiger partial charge in [-0.3, -0.25) is 4.79 Å². The van der Waals surface area contributed by atoms with Crippen LogP contribution in [-0.4, -0.2) is 12.5 Å². The first-order chi connectivity index (χ1) is 8.74. The SMILES string of the molecule is O=C(Cc1ccc(Cl)cc1)NCCc1ccsc1. The summed E-state index contributed by atoms with van der Waals surface area (Å²) >= 11 is 7.47. The van der Waals surface area contributed by atoms with E-state index in [0.717, 1.165) is 12.0 Å². The summed E-state index contributed by atoms with van der Waals surface area (Å²) in [6.07, 6.45) is 1.29. The van der Waals surface area contributed by atoms with Crippen LogP contribution in [-0.2, 0) is 17.6 Å². The summed E-state index contributed by atoms with van der Waals surface area (Å²) in [5.74, 6) is 0.0487. The minimum atomic E-state index is 0.0487. The van der Waals surface area contributed by atoms with Gasteiger partial charge in [-0.05, 0) is 46.5 Å². The van der Waals surface area contributed by atoms with Gasteiger partial charge in [0.15, 0.2) is 0 Å². The van der Waals surface area contributed by atoms with Crippen LogP contribution in [0.2, 0.25) is 5.02 Å². The van der Waals surface area contributed by atoms with Crippen molar-refractivity contribution >= 4 is 28.8 Å². The number of carbonyl (C=O) groups excluding carboxylic acids is 1. The van der Waals surface area contributed by atoms with Crippen molar-refractivity contribution in [1.82, 2.24) is 5.32 Å². The van der Waals surface area contributed by atoms with Gasteiger partial charge < -0.3 is 5.32 Å². The van der Waals surface area contributed by atoms with Gasteiger partial charge in [-0.2, -0.15) is 11.3 Å². The van der Waals surface area contributed by atoms with Crippen molar-refractivity contribution in [2.24, 2.45) is 0 Å². The predicted octanol–water partition coefficient (Wildman–Crippen LogP) is 3.30. The molecule has 0 saturated carbocycles. The molecule has 0 aliphatic rings. The molecule has 0 spiro atoms. The summed E-state index contributed by atoms with van der Waals surface area (Å²) in [7, 11) is 0. The zero-order valence-electron chi connectivity index (χ0n) is 9.86. The van der Waals surface area contributed by atoms with Crippen molar-refractivity contribution in [1.29, 1.82) is 0 Å². The highest BCUT2D eigenvalue weighted by molar-refractivity contribution is 7.07. The lowest BCUT2D eigenvalue weighted by atomic mass is 10.1. The summed E-state index contributed by atoms with van der Waals surface area (Å²) in [6.45, 7) is 0.684. The summed E-state index contributed by atoms with van der Waals surface area (Å²) < 4.78 is 0. The molecule has 0 bridgehead atoms. The normalized spacial score (nSPS) is 10.3. The first-order valence-corrected chi connectivity index (χ1v) is 7.08. The second-order valence-corrected chi connectivity index (χ2v) is 5.25. The van der Waals surface area contributed by atoms with Gasteiger partial charge in [0.25, 0.3) is 0 Å². The van der Waals surface area contributed by atoms with E-state index in [9.17, 15) is 4.79 Å². The molecule has 4 heteroatoms. The Morgan fingerprint density at radius 2 is 1.94 bits per heavy atom. The third-order valence-corrected chi connectivity index (χ3v) is 3.58. The molecule has 0 atom stereocenters. The number of rotatable bonds is 5. The summed E-state index contributed by atoms with van der Waals surface area (Å²) in [5.41, 5.74) is 2.25. The first kappa shape index (κ1) is 13.1. The summed E-state index contributed by atoms with van der Waals surface area (Å²) in [6, 6.07) is 9.43. The number of carbonyl (C=O) groups is 1. The molecule has 94 valence electrons. The van der Waals surface area contributed by atoms with Gasteiger partial charge in [0.05, 0.1) is 6.42 Å². The quantitative estimate of drug-likeness (QED) is 0.894. The maximum Gasteiger partial charge on any atom is 0.224 e. The molecule has 0 saturated heterocycles. The van der Waals surface area contributed by atoms with Gasteiger partial charge >= 0.3 is 0 Å². The number of hydrogen-bond donors (Lipinski definition) is 1. The van der Waals surface area contributed by atoms with Crippen molar-refractivity contribution in [3.05, 3.63) is 57.2 Å². The molecule has 0 aliphatic heterocycles. The molecule has 2 aromatic rings. The molecule has 1 aromatic carbocycles. The Morgan fingerprint density at radius 1 is 1.17 bits per heavy atom. The van der Waals surface area contributed by atoms with Gasteiger partial charge in [0, 0.05) is 11.6 Å². The largest absolute Gasteiger partial charge is 0.355 e. The van der Waals surface area contributed by atoms with Crippen LogP contribution in [0.15, 0.2) is 41.1 Å². The fourth-order valence-corrected chi connectivity index (χ4v) is 2.46. The second kappa shape index (κ2) is 6.57. The molecule has 2 nitrogen and oxygen atoms in total. The molecular formula is C14H14ClNOS. The standard InChI is InChI=1S/C14H14ClNOS/c15-13-3-1-11(2-4-13)9-14(17)16-7-5-12-6-8-18-10-12/h1-4,6,8,10H,5,7,9H2,(H,16,17). The highest BCUT2D eigenvalue weighted by atomic mass is 35.5. The Morgan fingerprint density at radius 3 is 2.61 bits per heavy atom. The van der Waals surface area contributed by atoms with Gasteiger partial charge in [-0.15, -0.1) is 0 Å². The van der Waals surface area contributed by atoms with E-state index in [1.165, 1.54) is 5.56 Å². The fourth-order valence-electron chi connectivity index (χ4n) is 1.63. The molecule has 0 radical (unpaired) electrons. The Kier molecular flexibility index (Phi) is 4.79. The maximum atomic E-state index is 11.7. The third kappa shape index (κ3) is 4.17. The summed E-state index contributed by atoms with van der Waals surface area (Å²) in [4.78, 5) is 11.7. The molecule has 1 amide bonds. The van der Waals surface area contributed by atoms with E-state index in [0.29, 0.717) is 18.0 Å². The number of thiophene rings is 1. The fraction of sp³-hybridized carbons (Fsp3) is 0.214. The molecule has 0 aliphatic carbocycles. The van der Waals surface area contributed by atoms with Gasteiger partial charge in [0.1, 0.15) is 0 Å². The molecule has 0 fully saturated rings. The number of amides is 1. The Bertz CT molecular complexity index is 493. The van der Waals surface area contributed by atoms with Crippen LogP contribution in [0.4, 0.5) is 0 Å². The Hall–Kier alpha value is -1.32. The molecule has 0 unspecified atom stereocenters. The third-order valence-electron chi connectivity index (χ3n) is 2.59. The van der Waals surface area contributed by atoms with E-state index < -0.39 is 0 Å². The highest BCUT2D eigenvalue weighted by Gasteiger charge is 2.03. The van der Waals surface area contributed by atoms with Crippen LogP contribution in [0.3, 0.4) is 0 Å². The topological polar surface area (TPSA) is 29.1 Å². The highest BCUT2D eigenvalue weighted by Crippen LogP contribution is 2.10. The minimum absolute atomic E-state index is 0.0487. The van der Waals surface area contributed by atoms with E-state index in [1.807, 2.05) is 17.5 Å². The molecule has 1 N–H and O–H groups in total. The van der Waals surface area contributed by atoms with Crippen LogP contribution < -0.4 is 5.32 Å². The van der Waals surface area contributed by atoms with Crippen LogP contribution in [0.5, 0.6) is 0 Å². The van der Waals surface area contributed by atoms with Gasteiger partial charge in [-0.1, -0.05) is 23.7 Å². The zero-order chi connectivity index (χ0) is 12.8. The lowest BCUT2D eigenvalue weighted by molar-refractivity contribution is -0.120. The summed E-state index contributed by atoms with van der Waals surface area (Å²) in [5, 5.41) is 7.76. The average molecular weight is 280 g/mol. The van der Waals surface area contributed by atoms with Crippen molar-refractivity contribution < 1.29 is 4.79 Å². The molecule has 2 rings (SSSR count). The molecule has 18 heavy (non-hydrogen) atoms. The van der Waals surface area contributed by atoms with Crippen LogP contribution in [0.1, 0.15) is 11.1 Å². The number of benzene rings is 1. The van der Waals surface area contributed by atoms with Crippen molar-refractivity contribution in [3.8, 4) is 0 Å². The van der Waals surface area contributed by atoms with E-state index in [-0.39, 0.29) is 5.91 Å². The van der Waals surface area contributed by atoms with Crippen molar-refractivity contribution in [2.45, 2.75) is 12.8 Å². The maximum absolute atomic E-state index is 11.7. The monoisotopic (exact) mass is 279 g/mol. The van der Waals surface area contributed by atoms with Crippen molar-refractivity contribution in [2.75, 3.05) is 6.54 Å². The number of nitrogens with one attached hydrogen (secondary N) is 1.